The van der Waals surface area contributed by atoms with Gasteiger partial charge in [0.2, 0.25) is 5.95 Å². The maximum Gasteiger partial charge on any atom is 0.293 e. The second kappa shape index (κ2) is 8.88. The van der Waals surface area contributed by atoms with Gasteiger partial charge < -0.3 is 10.6 Å². The summed E-state index contributed by atoms with van der Waals surface area (Å²) in [6.45, 7) is 7.97. The molecule has 0 radical (unpaired) electrons. The lowest BCUT2D eigenvalue weighted by Crippen LogP contribution is -2.44. The largest absolute Gasteiger partial charge is 0.341 e. The number of fused-ring (bicyclic) bond motifs is 2. The van der Waals surface area contributed by atoms with Gasteiger partial charge in [0.1, 0.15) is 11.0 Å². The molecule has 0 amide bonds. The molecule has 1 atom stereocenters. The van der Waals surface area contributed by atoms with Gasteiger partial charge in [-0.3, -0.25) is 9.36 Å². The molecule has 0 spiro atoms. The van der Waals surface area contributed by atoms with E-state index in [9.17, 15) is 4.79 Å². The monoisotopic (exact) mass is 456 g/mol. The number of hydrogen-bond donors (Lipinski definition) is 1. The molecule has 1 aromatic carbocycles. The Bertz CT molecular complexity index is 1510. The molecule has 34 heavy (non-hydrogen) atoms. The number of piperidine rings is 1. The number of imidazole rings is 1. The molecule has 1 aliphatic rings. The normalized spacial score (nSPS) is 16.1. The predicted octanol–water partition coefficient (Wildman–Crippen LogP) is 2.15. The van der Waals surface area contributed by atoms with E-state index in [1.54, 1.807) is 13.1 Å². The van der Waals surface area contributed by atoms with Crippen LogP contribution in [0, 0.1) is 25.7 Å². The van der Waals surface area contributed by atoms with E-state index in [1.165, 1.54) is 4.68 Å². The summed E-state index contributed by atoms with van der Waals surface area (Å²) in [6, 6.07) is 5.96. The maximum absolute atomic E-state index is 13.6. The quantitative estimate of drug-likeness (QED) is 0.469. The summed E-state index contributed by atoms with van der Waals surface area (Å²) in [5.74, 6) is 6.75. The Labute approximate surface area is 197 Å². The van der Waals surface area contributed by atoms with Crippen LogP contribution in [0.15, 0.2) is 29.2 Å². The Hall–Kier alpha value is -3.77. The van der Waals surface area contributed by atoms with Crippen LogP contribution in [-0.4, -0.2) is 48.4 Å². The van der Waals surface area contributed by atoms with Crippen molar-refractivity contribution in [3.05, 3.63) is 51.7 Å². The van der Waals surface area contributed by atoms with E-state index < -0.39 is 0 Å². The van der Waals surface area contributed by atoms with E-state index in [2.05, 4.69) is 31.8 Å². The average molecular weight is 457 g/mol. The molecule has 0 bridgehead atoms. The van der Waals surface area contributed by atoms with E-state index in [0.29, 0.717) is 30.7 Å². The smallest absolute Gasteiger partial charge is 0.293 e. The lowest BCUT2D eigenvalue weighted by Gasteiger charge is -2.31. The Morgan fingerprint density at radius 2 is 1.91 bits per heavy atom. The molecule has 1 fully saturated rings. The van der Waals surface area contributed by atoms with Crippen molar-refractivity contribution in [2.75, 3.05) is 18.0 Å². The number of rotatable bonds is 4. The fourth-order valence-electron chi connectivity index (χ4n) is 4.47. The minimum atomic E-state index is -0.193. The Morgan fingerprint density at radius 1 is 1.12 bits per heavy atom. The van der Waals surface area contributed by atoms with Gasteiger partial charge in [0.05, 0.1) is 41.7 Å². The van der Waals surface area contributed by atoms with E-state index in [-0.39, 0.29) is 11.6 Å². The molecule has 1 aliphatic heterocycles. The molecule has 0 aliphatic carbocycles. The van der Waals surface area contributed by atoms with Crippen LogP contribution in [0.5, 0.6) is 0 Å². The number of nitrogens with zero attached hydrogens (tertiary/aromatic N) is 7. The van der Waals surface area contributed by atoms with Crippen molar-refractivity contribution in [2.45, 2.75) is 52.7 Å². The van der Waals surface area contributed by atoms with Gasteiger partial charge in [-0.1, -0.05) is 12.0 Å². The number of nitrogens with two attached hydrogens (primary N) is 1. The second-order valence-electron chi connectivity index (χ2n) is 8.83. The zero-order valence-electron chi connectivity index (χ0n) is 19.7. The Kier molecular flexibility index (Phi) is 5.75. The van der Waals surface area contributed by atoms with Crippen LogP contribution in [-0.2, 0) is 13.1 Å². The van der Waals surface area contributed by atoms with Crippen molar-refractivity contribution in [1.82, 2.24) is 29.3 Å². The topological polar surface area (TPSA) is 108 Å². The zero-order valence-corrected chi connectivity index (χ0v) is 19.7. The zero-order chi connectivity index (χ0) is 23.8. The fourth-order valence-corrected chi connectivity index (χ4v) is 4.47. The third kappa shape index (κ3) is 4.01. The van der Waals surface area contributed by atoms with Gasteiger partial charge in [-0.05, 0) is 51.3 Å². The van der Waals surface area contributed by atoms with Crippen LogP contribution in [0.1, 0.15) is 36.7 Å². The van der Waals surface area contributed by atoms with Crippen LogP contribution in [0.3, 0.4) is 0 Å². The van der Waals surface area contributed by atoms with Gasteiger partial charge in [0.15, 0.2) is 0 Å². The molecule has 3 aromatic heterocycles. The summed E-state index contributed by atoms with van der Waals surface area (Å²) in [6.07, 6.45) is 3.65. The van der Waals surface area contributed by atoms with E-state index in [0.717, 1.165) is 53.3 Å². The minimum Gasteiger partial charge on any atom is -0.341 e. The van der Waals surface area contributed by atoms with Crippen LogP contribution in [0.2, 0.25) is 0 Å². The standard InChI is InChI=1S/C25H28N8O/c1-4-5-11-32-23-22(30-25(32)31-10-6-7-19(26)15-31)13-27-33(24(23)34)14-18-8-9-20-21(12-18)29-17(3)16(2)28-20/h8-9,12-13,19H,6-7,10-11,14-15,26H2,1-3H3. The van der Waals surface area contributed by atoms with Gasteiger partial charge in [0.25, 0.3) is 5.56 Å². The number of hydrogen-bond acceptors (Lipinski definition) is 7. The fraction of sp³-hybridized carbons (Fsp3) is 0.400. The Morgan fingerprint density at radius 3 is 2.68 bits per heavy atom. The molecule has 1 unspecified atom stereocenters. The number of aromatic nitrogens is 6. The molecule has 0 saturated carbocycles. The SMILES string of the molecule is CC#CCn1c(N2CCCC(N)C2)nc2cnn(Cc3ccc4nc(C)c(C)nc4c3)c(=O)c21. The van der Waals surface area contributed by atoms with Crippen molar-refractivity contribution >= 4 is 28.0 Å². The lowest BCUT2D eigenvalue weighted by molar-refractivity contribution is 0.496. The lowest BCUT2D eigenvalue weighted by atomic mass is 10.1. The molecule has 4 heterocycles. The van der Waals surface area contributed by atoms with Crippen LogP contribution in [0.25, 0.3) is 22.1 Å². The summed E-state index contributed by atoms with van der Waals surface area (Å²) in [5, 5.41) is 4.42. The molecule has 5 rings (SSSR count). The highest BCUT2D eigenvalue weighted by Crippen LogP contribution is 2.23. The first-order chi connectivity index (χ1) is 16.4. The summed E-state index contributed by atoms with van der Waals surface area (Å²) in [5.41, 5.74) is 11.5. The van der Waals surface area contributed by atoms with Crippen molar-refractivity contribution in [3.8, 4) is 11.8 Å². The summed E-state index contributed by atoms with van der Waals surface area (Å²) >= 11 is 0. The van der Waals surface area contributed by atoms with Crippen molar-refractivity contribution in [3.63, 3.8) is 0 Å². The second-order valence-corrected chi connectivity index (χ2v) is 8.83. The molecule has 9 heteroatoms. The molecule has 9 nitrogen and oxygen atoms in total. The third-order valence-electron chi connectivity index (χ3n) is 6.36. The summed E-state index contributed by atoms with van der Waals surface area (Å²) in [7, 11) is 0. The van der Waals surface area contributed by atoms with E-state index in [4.69, 9.17) is 10.7 Å². The van der Waals surface area contributed by atoms with Gasteiger partial charge in [-0.25, -0.2) is 19.6 Å². The van der Waals surface area contributed by atoms with Crippen molar-refractivity contribution in [1.29, 1.82) is 0 Å². The number of benzene rings is 1. The molecule has 4 aromatic rings. The van der Waals surface area contributed by atoms with Crippen molar-refractivity contribution in [2.24, 2.45) is 5.73 Å². The molecule has 1 saturated heterocycles. The average Bonchev–Trinajstić information content (AvgIpc) is 3.20. The van der Waals surface area contributed by atoms with Gasteiger partial charge in [-0.2, -0.15) is 5.10 Å². The third-order valence-corrected chi connectivity index (χ3v) is 6.36. The first kappa shape index (κ1) is 22.0. The molecular weight excluding hydrogens is 428 g/mol. The summed E-state index contributed by atoms with van der Waals surface area (Å²) < 4.78 is 3.38. The first-order valence-electron chi connectivity index (χ1n) is 11.5. The maximum atomic E-state index is 13.6. The van der Waals surface area contributed by atoms with E-state index in [1.807, 2.05) is 36.6 Å². The van der Waals surface area contributed by atoms with E-state index >= 15 is 0 Å². The number of aryl methyl sites for hydroxylation is 2. The van der Waals surface area contributed by atoms with Crippen LogP contribution >= 0.6 is 0 Å². The van der Waals surface area contributed by atoms with Crippen LogP contribution in [0.4, 0.5) is 5.95 Å². The predicted molar refractivity (Wildman–Crippen MR) is 133 cm³/mol. The Balaban J connectivity index is 1.57. The highest BCUT2D eigenvalue weighted by molar-refractivity contribution is 5.77. The molecule has 174 valence electrons. The van der Waals surface area contributed by atoms with Gasteiger partial charge in [-0.15, -0.1) is 5.92 Å². The first-order valence-corrected chi connectivity index (χ1v) is 11.5. The molecule has 2 N–H and O–H groups in total. The van der Waals surface area contributed by atoms with Crippen molar-refractivity contribution < 1.29 is 0 Å². The highest BCUT2D eigenvalue weighted by Gasteiger charge is 2.24. The van der Waals surface area contributed by atoms with Gasteiger partial charge >= 0.3 is 0 Å². The van der Waals surface area contributed by atoms with Crippen LogP contribution < -0.4 is 16.2 Å². The minimum absolute atomic E-state index is 0.0949. The van der Waals surface area contributed by atoms with Gasteiger partial charge in [0, 0.05) is 19.1 Å². The number of anilines is 1. The highest BCUT2D eigenvalue weighted by atomic mass is 16.1. The summed E-state index contributed by atoms with van der Waals surface area (Å²) in [4.78, 5) is 29.7. The molecular formula is C25H28N8O.